The number of nitrogens with one attached hydrogen (secondary N) is 2. The topological polar surface area (TPSA) is 118 Å². The molecule has 0 aliphatic carbocycles. The first-order valence-corrected chi connectivity index (χ1v) is 7.01. The van der Waals surface area contributed by atoms with E-state index in [1.54, 1.807) is 30.3 Å². The predicted octanol–water partition coefficient (Wildman–Crippen LogP) is 2.46. The lowest BCUT2D eigenvalue weighted by atomic mass is 10.1. The maximum Gasteiger partial charge on any atom is 0.293 e. The highest BCUT2D eigenvalue weighted by molar-refractivity contribution is 5.92. The number of hydrogen-bond donors (Lipinski definition) is 2. The lowest BCUT2D eigenvalue weighted by molar-refractivity contribution is -0.383. The van der Waals surface area contributed by atoms with Crippen LogP contribution in [0.15, 0.2) is 47.3 Å². The molecule has 24 heavy (non-hydrogen) atoms. The quantitative estimate of drug-likeness (QED) is 0.566. The Morgan fingerprint density at radius 2 is 2.00 bits per heavy atom. The van der Waals surface area contributed by atoms with E-state index < -0.39 is 10.8 Å². The van der Waals surface area contributed by atoms with E-state index in [0.717, 1.165) is 0 Å². The molecular formula is C16H12N4O4. The Labute approximate surface area is 135 Å². The standard InChI is InChI=1S/C16H12N4O4/c1-9(21)17-13-7-6-10(8-14(13)20(23)24)15-18-12-5-3-2-4-11(12)16(22)19-15/h2-8H,1H3,(H,17,21)(H,18,19,22). The number of carbonyl (C=O) groups excluding carboxylic acids is 1. The van der Waals surface area contributed by atoms with E-state index >= 15 is 0 Å². The number of nitrogens with zero attached hydrogens (tertiary/aromatic N) is 2. The number of nitro groups is 1. The van der Waals surface area contributed by atoms with Crippen LogP contribution < -0.4 is 10.9 Å². The summed E-state index contributed by atoms with van der Waals surface area (Å²) >= 11 is 0. The average molecular weight is 324 g/mol. The van der Waals surface area contributed by atoms with E-state index in [0.29, 0.717) is 16.5 Å². The minimum atomic E-state index is -0.603. The number of rotatable bonds is 3. The number of H-pyrrole nitrogens is 1. The second kappa shape index (κ2) is 5.92. The van der Waals surface area contributed by atoms with Gasteiger partial charge in [-0.05, 0) is 24.3 Å². The smallest absolute Gasteiger partial charge is 0.293 e. The van der Waals surface area contributed by atoms with Gasteiger partial charge < -0.3 is 10.3 Å². The molecule has 0 atom stereocenters. The van der Waals surface area contributed by atoms with E-state index in [1.807, 2.05) is 0 Å². The van der Waals surface area contributed by atoms with Crippen molar-refractivity contribution in [3.63, 3.8) is 0 Å². The molecule has 0 saturated heterocycles. The number of aromatic nitrogens is 2. The van der Waals surface area contributed by atoms with Crippen LogP contribution in [0.1, 0.15) is 6.92 Å². The third-order valence-corrected chi connectivity index (χ3v) is 3.39. The van der Waals surface area contributed by atoms with Gasteiger partial charge in [-0.25, -0.2) is 4.98 Å². The molecule has 0 unspecified atom stereocenters. The summed E-state index contributed by atoms with van der Waals surface area (Å²) in [7, 11) is 0. The molecule has 1 amide bonds. The minimum absolute atomic E-state index is 0.0828. The molecule has 120 valence electrons. The Hall–Kier alpha value is -3.55. The van der Waals surface area contributed by atoms with Gasteiger partial charge in [0, 0.05) is 18.6 Å². The number of anilines is 1. The molecule has 0 saturated carbocycles. The summed E-state index contributed by atoms with van der Waals surface area (Å²) in [5.41, 5.74) is 0.338. The lowest BCUT2D eigenvalue weighted by Gasteiger charge is -2.07. The fourth-order valence-electron chi connectivity index (χ4n) is 2.35. The van der Waals surface area contributed by atoms with Crippen LogP contribution in [-0.4, -0.2) is 20.8 Å². The molecule has 2 N–H and O–H groups in total. The second-order valence-corrected chi connectivity index (χ2v) is 5.10. The van der Waals surface area contributed by atoms with Gasteiger partial charge in [-0.2, -0.15) is 0 Å². The number of carbonyl (C=O) groups is 1. The number of benzene rings is 2. The van der Waals surface area contributed by atoms with Gasteiger partial charge in [0.1, 0.15) is 11.5 Å². The first kappa shape index (κ1) is 15.3. The predicted molar refractivity (Wildman–Crippen MR) is 88.8 cm³/mol. The van der Waals surface area contributed by atoms with Crippen molar-refractivity contribution in [3.8, 4) is 11.4 Å². The molecule has 3 aromatic rings. The Kier molecular flexibility index (Phi) is 3.78. The van der Waals surface area contributed by atoms with Gasteiger partial charge in [0.05, 0.1) is 15.8 Å². The Balaban J connectivity index is 2.16. The van der Waals surface area contributed by atoms with Crippen molar-refractivity contribution in [3.05, 3.63) is 62.9 Å². The van der Waals surface area contributed by atoms with Gasteiger partial charge in [0.25, 0.3) is 11.2 Å². The highest BCUT2D eigenvalue weighted by atomic mass is 16.6. The third kappa shape index (κ3) is 2.84. The van der Waals surface area contributed by atoms with E-state index in [9.17, 15) is 19.7 Å². The number of para-hydroxylation sites is 1. The summed E-state index contributed by atoms with van der Waals surface area (Å²) in [5, 5.41) is 14.1. The normalized spacial score (nSPS) is 10.5. The molecule has 3 rings (SSSR count). The maximum atomic E-state index is 12.1. The fourth-order valence-corrected chi connectivity index (χ4v) is 2.35. The summed E-state index contributed by atoms with van der Waals surface area (Å²) in [6.07, 6.45) is 0. The average Bonchev–Trinajstić information content (AvgIpc) is 2.54. The summed E-state index contributed by atoms with van der Waals surface area (Å²) in [5.74, 6) is -0.195. The molecule has 8 heteroatoms. The van der Waals surface area contributed by atoms with E-state index in [1.165, 1.54) is 19.1 Å². The highest BCUT2D eigenvalue weighted by Gasteiger charge is 2.17. The van der Waals surface area contributed by atoms with Crippen LogP contribution in [0.25, 0.3) is 22.3 Å². The number of nitro benzene ring substituents is 1. The molecule has 0 bridgehead atoms. The van der Waals surface area contributed by atoms with E-state index in [-0.39, 0.29) is 22.8 Å². The van der Waals surface area contributed by atoms with Crippen LogP contribution in [0, 0.1) is 10.1 Å². The Bertz CT molecular complexity index is 1030. The van der Waals surface area contributed by atoms with Crippen molar-refractivity contribution < 1.29 is 9.72 Å². The maximum absolute atomic E-state index is 12.1. The SMILES string of the molecule is CC(=O)Nc1ccc(-c2nc3ccccc3c(=O)[nH]2)cc1[N+](=O)[O-]. The number of amides is 1. The van der Waals surface area contributed by atoms with Crippen molar-refractivity contribution in [2.75, 3.05) is 5.32 Å². The minimum Gasteiger partial charge on any atom is -0.321 e. The van der Waals surface area contributed by atoms with Crippen LogP contribution in [0.3, 0.4) is 0 Å². The molecule has 2 aromatic carbocycles. The van der Waals surface area contributed by atoms with Gasteiger partial charge in [-0.1, -0.05) is 12.1 Å². The van der Waals surface area contributed by atoms with Crippen LogP contribution in [-0.2, 0) is 4.79 Å². The Morgan fingerprint density at radius 3 is 2.71 bits per heavy atom. The summed E-state index contributed by atoms with van der Waals surface area (Å²) < 4.78 is 0. The second-order valence-electron chi connectivity index (χ2n) is 5.10. The van der Waals surface area contributed by atoms with E-state index in [4.69, 9.17) is 0 Å². The van der Waals surface area contributed by atoms with Gasteiger partial charge in [-0.3, -0.25) is 19.7 Å². The monoisotopic (exact) mass is 324 g/mol. The van der Waals surface area contributed by atoms with Crippen LogP contribution in [0.4, 0.5) is 11.4 Å². The van der Waals surface area contributed by atoms with Gasteiger partial charge in [-0.15, -0.1) is 0 Å². The number of fused-ring (bicyclic) bond motifs is 1. The third-order valence-electron chi connectivity index (χ3n) is 3.39. The zero-order valence-electron chi connectivity index (χ0n) is 12.6. The Morgan fingerprint density at radius 1 is 1.25 bits per heavy atom. The van der Waals surface area contributed by atoms with Crippen molar-refractivity contribution in [1.29, 1.82) is 0 Å². The first-order chi connectivity index (χ1) is 11.5. The zero-order valence-corrected chi connectivity index (χ0v) is 12.6. The van der Waals surface area contributed by atoms with Gasteiger partial charge >= 0.3 is 0 Å². The molecule has 0 fully saturated rings. The number of hydrogen-bond acceptors (Lipinski definition) is 5. The molecule has 0 spiro atoms. The van der Waals surface area contributed by atoms with Crippen molar-refractivity contribution in [1.82, 2.24) is 9.97 Å². The lowest BCUT2D eigenvalue weighted by Crippen LogP contribution is -2.10. The van der Waals surface area contributed by atoms with Crippen molar-refractivity contribution in [2.24, 2.45) is 0 Å². The first-order valence-electron chi connectivity index (χ1n) is 7.01. The van der Waals surface area contributed by atoms with Crippen molar-refractivity contribution >= 4 is 28.2 Å². The molecule has 0 aliphatic heterocycles. The molecule has 0 aliphatic rings. The molecule has 8 nitrogen and oxygen atoms in total. The van der Waals surface area contributed by atoms with Crippen LogP contribution in [0.2, 0.25) is 0 Å². The van der Waals surface area contributed by atoms with E-state index in [2.05, 4.69) is 15.3 Å². The van der Waals surface area contributed by atoms with Gasteiger partial charge in [0.2, 0.25) is 5.91 Å². The molecule has 0 radical (unpaired) electrons. The fraction of sp³-hybridized carbons (Fsp3) is 0.0625. The summed E-state index contributed by atoms with van der Waals surface area (Å²) in [4.78, 5) is 40.8. The molecular weight excluding hydrogens is 312 g/mol. The van der Waals surface area contributed by atoms with Gasteiger partial charge in [0.15, 0.2) is 0 Å². The van der Waals surface area contributed by atoms with Crippen molar-refractivity contribution in [2.45, 2.75) is 6.92 Å². The number of aromatic amines is 1. The molecule has 1 aromatic heterocycles. The highest BCUT2D eigenvalue weighted by Crippen LogP contribution is 2.29. The summed E-state index contributed by atoms with van der Waals surface area (Å²) in [6, 6.07) is 11.0. The summed E-state index contributed by atoms with van der Waals surface area (Å²) in [6.45, 7) is 1.26. The largest absolute Gasteiger partial charge is 0.321 e. The molecule has 1 heterocycles. The zero-order chi connectivity index (χ0) is 17.3. The van der Waals surface area contributed by atoms with Crippen LogP contribution in [0.5, 0.6) is 0 Å². The van der Waals surface area contributed by atoms with Crippen LogP contribution >= 0.6 is 0 Å².